The van der Waals surface area contributed by atoms with Gasteiger partial charge in [-0.2, -0.15) is 0 Å². The van der Waals surface area contributed by atoms with Gasteiger partial charge in [0.05, 0.1) is 42.6 Å². The minimum Gasteiger partial charge on any atom is -0.511 e. The Balaban J connectivity index is 1.42. The Morgan fingerprint density at radius 1 is 1.16 bits per heavy atom. The number of amides is 1. The summed E-state index contributed by atoms with van der Waals surface area (Å²) in [5.74, 6) is 4.96. The zero-order valence-corrected chi connectivity index (χ0v) is 28.2. The number of piperidine rings is 1. The Kier molecular flexibility index (Phi) is 8.87. The Labute approximate surface area is 270 Å². The van der Waals surface area contributed by atoms with Gasteiger partial charge in [-0.25, -0.2) is 13.2 Å². The van der Waals surface area contributed by atoms with Gasteiger partial charge in [0, 0.05) is 28.5 Å². The molecule has 3 aromatic rings. The van der Waals surface area contributed by atoms with Crippen molar-refractivity contribution in [1.29, 1.82) is 0 Å². The highest BCUT2D eigenvalue weighted by Crippen LogP contribution is 2.52. The van der Waals surface area contributed by atoms with Crippen LogP contribution in [0.4, 0.5) is 24.5 Å². The van der Waals surface area contributed by atoms with E-state index < -0.39 is 28.5 Å². The van der Waals surface area contributed by atoms with Crippen LogP contribution in [0.3, 0.4) is 0 Å². The lowest BCUT2D eigenvalue weighted by Crippen LogP contribution is -2.50. The van der Waals surface area contributed by atoms with Crippen LogP contribution in [0.15, 0.2) is 42.5 Å². The molecule has 0 radical (unpaired) electrons. The van der Waals surface area contributed by atoms with Gasteiger partial charge in [-0.05, 0) is 61.0 Å². The fourth-order valence-electron chi connectivity index (χ4n) is 5.94. The number of rotatable bonds is 9. The molecule has 5 rings (SSSR count). The van der Waals surface area contributed by atoms with E-state index >= 15 is 4.39 Å². The number of fused-ring (bicyclic) bond motifs is 2. The maximum Gasteiger partial charge on any atom is 0.276 e. The standard InChI is InChI=1S/C28H37B6F3N5O2P/c1-40-11-9-23-25(35,14-40)42(23)21-6-2-5-20-18(21)13-17(41(20)15-26(36,37)45)4-3-10-38-19-8-7-16(24(43)39-27(29,30)31)12-22(19)44-28(32,33)34/h2,5-8,12-13,23,38H,9-11,14-15,29-34,45H2,1H3,(H,39,43)/t23-,25-,42?/m1/s1. The SMILES string of the molecule is BC(B)(B)NC(=O)c1ccc(NCC#Cc2cc3c(N4[C@@H]5CCN(C)C[C@]54F)cccc3n2CC(F)(F)P)c(OC(B)(B)B)c1. The van der Waals surface area contributed by atoms with Gasteiger partial charge in [0.25, 0.3) is 5.66 Å². The first-order chi connectivity index (χ1) is 20.8. The van der Waals surface area contributed by atoms with E-state index in [1.807, 2.05) is 65.1 Å². The van der Waals surface area contributed by atoms with Crippen molar-refractivity contribution in [2.75, 3.05) is 36.9 Å². The number of hydrogen-bond donors (Lipinski definition) is 2. The highest BCUT2D eigenvalue weighted by molar-refractivity contribution is 7.18. The predicted octanol–water partition coefficient (Wildman–Crippen LogP) is -2.11. The molecule has 7 nitrogen and oxygen atoms in total. The molecule has 45 heavy (non-hydrogen) atoms. The van der Waals surface area contributed by atoms with Gasteiger partial charge in [0.2, 0.25) is 11.7 Å². The number of carbonyl (C=O) groups excluding carboxylic acids is 1. The van der Waals surface area contributed by atoms with Crippen molar-refractivity contribution in [2.24, 2.45) is 0 Å². The monoisotopic (exact) mass is 629 g/mol. The van der Waals surface area contributed by atoms with Crippen LogP contribution in [-0.2, 0) is 6.54 Å². The van der Waals surface area contributed by atoms with Crippen molar-refractivity contribution >= 4 is 84.5 Å². The normalized spacial score (nSPS) is 20.2. The minimum absolute atomic E-state index is 0.188. The molecule has 2 fully saturated rings. The van der Waals surface area contributed by atoms with Gasteiger partial charge in [-0.15, -0.1) is 0 Å². The van der Waals surface area contributed by atoms with Gasteiger partial charge in [-0.3, -0.25) is 4.79 Å². The van der Waals surface area contributed by atoms with E-state index in [0.29, 0.717) is 52.3 Å². The van der Waals surface area contributed by atoms with Crippen LogP contribution < -0.4 is 20.3 Å². The van der Waals surface area contributed by atoms with Crippen molar-refractivity contribution in [1.82, 2.24) is 14.8 Å². The van der Waals surface area contributed by atoms with Crippen LogP contribution in [0.2, 0.25) is 0 Å². The smallest absolute Gasteiger partial charge is 0.276 e. The van der Waals surface area contributed by atoms with E-state index in [1.165, 1.54) is 4.57 Å². The fraction of sp³-hybridized carbons (Fsp3) is 0.393. The Bertz CT molecular complexity index is 1680. The van der Waals surface area contributed by atoms with E-state index in [9.17, 15) is 13.6 Å². The highest BCUT2D eigenvalue weighted by atomic mass is 31.0. The van der Waals surface area contributed by atoms with Gasteiger partial charge < -0.3 is 29.7 Å². The van der Waals surface area contributed by atoms with E-state index in [4.69, 9.17) is 4.74 Å². The number of ether oxygens (including phenoxy) is 1. The zero-order chi connectivity index (χ0) is 32.9. The van der Waals surface area contributed by atoms with Gasteiger partial charge in [0.1, 0.15) is 52.8 Å². The molecule has 2 aliphatic rings. The summed E-state index contributed by atoms with van der Waals surface area (Å²) in [4.78, 5) is 16.6. The summed E-state index contributed by atoms with van der Waals surface area (Å²) in [5.41, 5.74) is -0.258. The second-order valence-corrected chi connectivity index (χ2v) is 14.9. The molecule has 1 amide bonds. The summed E-state index contributed by atoms with van der Waals surface area (Å²) in [7, 11) is 15.0. The average Bonchev–Trinajstić information content (AvgIpc) is 3.35. The van der Waals surface area contributed by atoms with Crippen LogP contribution >= 0.6 is 9.24 Å². The number of benzene rings is 2. The molecule has 17 heteroatoms. The fourth-order valence-corrected chi connectivity index (χ4v) is 6.12. The summed E-state index contributed by atoms with van der Waals surface area (Å²) in [6, 6.07) is 12.2. The largest absolute Gasteiger partial charge is 0.511 e. The molecule has 3 atom stereocenters. The summed E-state index contributed by atoms with van der Waals surface area (Å²) >= 11 is 0. The lowest BCUT2D eigenvalue weighted by Gasteiger charge is -2.25. The third-order valence-electron chi connectivity index (χ3n) is 7.71. The van der Waals surface area contributed by atoms with Crippen molar-refractivity contribution in [3.8, 4) is 17.6 Å². The van der Waals surface area contributed by atoms with E-state index in [2.05, 4.69) is 22.5 Å². The molecule has 0 aliphatic carbocycles. The number of anilines is 2. The maximum absolute atomic E-state index is 15.8. The van der Waals surface area contributed by atoms with Crippen molar-refractivity contribution in [2.45, 2.75) is 41.0 Å². The third kappa shape index (κ3) is 7.69. The first-order valence-corrected chi connectivity index (χ1v) is 15.8. The van der Waals surface area contributed by atoms with Crippen LogP contribution in [-0.4, -0.2) is 117 Å². The molecule has 3 heterocycles. The van der Waals surface area contributed by atoms with Gasteiger partial charge >= 0.3 is 0 Å². The third-order valence-corrected chi connectivity index (χ3v) is 7.90. The number of alkyl halides is 3. The zero-order valence-electron chi connectivity index (χ0n) is 27.0. The predicted molar refractivity (Wildman–Crippen MR) is 195 cm³/mol. The molecule has 2 aliphatic heterocycles. The number of carbonyl (C=O) groups is 1. The minimum atomic E-state index is -3.06. The second-order valence-electron chi connectivity index (χ2n) is 14.1. The number of aromatic nitrogens is 1. The van der Waals surface area contributed by atoms with E-state index in [0.717, 1.165) is 6.54 Å². The first kappa shape index (κ1) is 33.3. The lowest BCUT2D eigenvalue weighted by molar-refractivity contribution is 0.0851. The van der Waals surface area contributed by atoms with Gasteiger partial charge in [-0.1, -0.05) is 21.2 Å². The molecule has 1 aromatic heterocycles. The Hall–Kier alpha value is -3.02. The molecule has 2 saturated heterocycles. The van der Waals surface area contributed by atoms with Crippen molar-refractivity contribution in [3.05, 3.63) is 53.7 Å². The van der Waals surface area contributed by atoms with Crippen LogP contribution in [0.1, 0.15) is 22.5 Å². The van der Waals surface area contributed by atoms with Crippen LogP contribution in [0.25, 0.3) is 10.9 Å². The van der Waals surface area contributed by atoms with Crippen molar-refractivity contribution < 1.29 is 22.7 Å². The second kappa shape index (κ2) is 12.0. The van der Waals surface area contributed by atoms with Crippen LogP contribution in [0, 0.1) is 11.8 Å². The van der Waals surface area contributed by atoms with E-state index in [1.54, 1.807) is 50.5 Å². The molecule has 1 unspecified atom stereocenters. The summed E-state index contributed by atoms with van der Waals surface area (Å²) < 4.78 is 52.2. The van der Waals surface area contributed by atoms with Crippen LogP contribution in [0.5, 0.6) is 5.75 Å². The summed E-state index contributed by atoms with van der Waals surface area (Å²) in [6.45, 7) is 0.715. The molecule has 2 N–H and O–H groups in total. The average molecular weight is 628 g/mol. The number of halogens is 3. The number of likely N-dealkylation sites (N-methyl/N-ethyl adjacent to an activating group) is 1. The molecule has 0 bridgehead atoms. The number of nitrogens with one attached hydrogen (secondary N) is 2. The van der Waals surface area contributed by atoms with E-state index in [-0.39, 0.29) is 18.5 Å². The number of nitrogens with zero attached hydrogens (tertiary/aromatic N) is 3. The van der Waals surface area contributed by atoms with Gasteiger partial charge in [0.15, 0.2) is 0 Å². The number of likely N-dealkylation sites (tertiary alicyclic amines) is 1. The lowest BCUT2D eigenvalue weighted by atomic mass is 9.49. The topological polar surface area (TPSA) is 61.5 Å². The maximum atomic E-state index is 15.8. The first-order valence-electron chi connectivity index (χ1n) is 15.2. The molecular weight excluding hydrogens is 591 g/mol. The molecular formula is C28H37B6F3N5O2P. The summed E-state index contributed by atoms with van der Waals surface area (Å²) in [5, 5.41) is 5.99. The number of hydrogen-bond acceptors (Lipinski definition) is 5. The highest BCUT2D eigenvalue weighted by Gasteiger charge is 2.66. The Morgan fingerprint density at radius 2 is 1.89 bits per heavy atom. The molecule has 2 aromatic carbocycles. The summed E-state index contributed by atoms with van der Waals surface area (Å²) in [6.07, 6.45) is 0.704. The van der Waals surface area contributed by atoms with Crippen molar-refractivity contribution in [3.63, 3.8) is 0 Å². The molecule has 230 valence electrons. The molecule has 0 spiro atoms. The molecule has 0 saturated carbocycles. The Morgan fingerprint density at radius 3 is 2.53 bits per heavy atom. The quantitative estimate of drug-likeness (QED) is 0.0936.